The first-order chi connectivity index (χ1) is 33.0. The van der Waals surface area contributed by atoms with Crippen molar-refractivity contribution in [2.24, 2.45) is 71.0 Å². The van der Waals surface area contributed by atoms with Crippen LogP contribution in [-0.4, -0.2) is 94.9 Å². The molecule has 0 bridgehead atoms. The van der Waals surface area contributed by atoms with Crippen molar-refractivity contribution >= 4 is 31.3 Å². The average Bonchev–Trinajstić information content (AvgIpc) is 3.24. The van der Waals surface area contributed by atoms with Crippen LogP contribution >= 0.6 is 31.3 Å². The fourth-order valence-corrected chi connectivity index (χ4v) is 9.99. The summed E-state index contributed by atoms with van der Waals surface area (Å²) in [6.07, 6.45) is 0. The Morgan fingerprint density at radius 3 is 0.355 bits per heavy atom. The van der Waals surface area contributed by atoms with E-state index in [0.29, 0.717) is 150 Å². The Hall–Kier alpha value is 0.996. The van der Waals surface area contributed by atoms with E-state index in [4.69, 9.17) is 72.9 Å². The second kappa shape index (κ2) is 51.6. The molecule has 0 aliphatic carbocycles. The molecule has 0 rings (SSSR count). The molecule has 471 valence electrons. The first-order valence-corrected chi connectivity index (χ1v) is 32.9. The van der Waals surface area contributed by atoms with Gasteiger partial charge in [0.1, 0.15) is 0 Å². The minimum Gasteiger partial charge on any atom is -0.412 e. The van der Waals surface area contributed by atoms with E-state index in [1.807, 2.05) is 166 Å². The number of hydrogen-bond donors (Lipinski definition) is 1. The van der Waals surface area contributed by atoms with E-state index in [2.05, 4.69) is 0 Å². The molecule has 1 radical (unpaired) electrons. The van der Waals surface area contributed by atoms with Gasteiger partial charge in [0, 0.05) is 0 Å². The summed E-state index contributed by atoms with van der Waals surface area (Å²) in [7, 11) is -18.2. The van der Waals surface area contributed by atoms with Crippen LogP contribution in [0.1, 0.15) is 166 Å². The molecule has 0 heterocycles. The molecule has 22 nitrogen and oxygen atoms in total. The van der Waals surface area contributed by atoms with Crippen molar-refractivity contribution in [1.29, 1.82) is 0 Å². The van der Waals surface area contributed by atoms with E-state index in [9.17, 15) is 18.3 Å². The molecule has 0 fully saturated rings. The average molecular weight is 1260 g/mol. The third kappa shape index (κ3) is 77.1. The minimum atomic E-state index is -4.69. The van der Waals surface area contributed by atoms with Crippen LogP contribution in [-0.2, 0) is 89.3 Å². The molecule has 76 heavy (non-hydrogen) atoms. The first-order valence-electron chi connectivity index (χ1n) is 25.8. The standard InChI is InChI=1S/4C12H27O4P.ClHO4.Co.2H2O/c4*1-10(2)7-14-17(13,15-8-11(3)4)16-9-12(5)6;2-1(3,4)5;;;/h4*10-12H,7-9H2,1-6H3;(H,2,3,4,5);;2*1H2/q;;;;;+2;;. The van der Waals surface area contributed by atoms with Crippen LogP contribution < -0.4 is 14.0 Å². The quantitative estimate of drug-likeness (QED) is 0.0570. The Bertz CT molecular complexity index is 1110. The van der Waals surface area contributed by atoms with Crippen LogP contribution in [0, 0.1) is 81.3 Å². The van der Waals surface area contributed by atoms with E-state index < -0.39 is 41.5 Å². The molecule has 0 saturated carbocycles. The van der Waals surface area contributed by atoms with E-state index in [1.54, 1.807) is 0 Å². The molecule has 5 N–H and O–H groups in total. The van der Waals surface area contributed by atoms with Gasteiger partial charge in [0.2, 0.25) is 0 Å². The summed E-state index contributed by atoms with van der Waals surface area (Å²) < 4.78 is 145. The van der Waals surface area contributed by atoms with Gasteiger partial charge in [-0.05, 0) is 71.0 Å². The van der Waals surface area contributed by atoms with Crippen LogP contribution in [0.25, 0.3) is 0 Å². The molecule has 0 aromatic heterocycles. The Labute approximate surface area is 474 Å². The molecule has 0 aliphatic rings. The van der Waals surface area contributed by atoms with E-state index >= 15 is 0 Å². The smallest absolute Gasteiger partial charge is 0.412 e. The third-order valence-corrected chi connectivity index (χ3v) is 12.4. The topological polar surface area (TPSA) is 331 Å². The van der Waals surface area contributed by atoms with Crippen molar-refractivity contribution in [1.82, 2.24) is 0 Å². The number of rotatable bonds is 36. The number of hydrogen-bond acceptors (Lipinski definition) is 20. The molecule has 0 spiro atoms. The predicted octanol–water partition coefficient (Wildman–Crippen LogP) is 10.7. The first kappa shape index (κ1) is 93.4. The zero-order valence-corrected chi connectivity index (χ0v) is 56.5. The van der Waals surface area contributed by atoms with Gasteiger partial charge in [-0.2, -0.15) is 14.0 Å². The van der Waals surface area contributed by atoms with Crippen molar-refractivity contribution < 1.29 is 129 Å². The van der Waals surface area contributed by atoms with Crippen molar-refractivity contribution in [2.75, 3.05) is 79.3 Å². The summed E-state index contributed by atoms with van der Waals surface area (Å²) in [4.78, 5) is 0. The van der Waals surface area contributed by atoms with E-state index in [0.717, 1.165) is 0 Å². The summed E-state index contributed by atoms with van der Waals surface area (Å²) in [6, 6.07) is 0. The van der Waals surface area contributed by atoms with Crippen LogP contribution in [0.2, 0.25) is 0 Å². The maximum Gasteiger partial charge on any atom is 2.00 e. The van der Waals surface area contributed by atoms with Gasteiger partial charge in [-0.3, -0.25) is 54.3 Å². The molecular weight excluding hydrogens is 1150 g/mol. The summed E-state index contributed by atoms with van der Waals surface area (Å²) in [5.41, 5.74) is 0. The largest absolute Gasteiger partial charge is 2.00 e. The van der Waals surface area contributed by atoms with Crippen LogP contribution in [0.3, 0.4) is 0 Å². The van der Waals surface area contributed by atoms with Crippen LogP contribution in [0.4, 0.5) is 0 Å². The monoisotopic (exact) mass is 1260 g/mol. The number of phosphoric acid groups is 4. The molecular formula is C48H113ClCoO22P4+2. The summed E-state index contributed by atoms with van der Waals surface area (Å²) >= 11 is 0. The fraction of sp³-hybridized carbons (Fsp3) is 1.00. The molecule has 0 aromatic carbocycles. The van der Waals surface area contributed by atoms with Crippen LogP contribution in [0.5, 0.6) is 0 Å². The van der Waals surface area contributed by atoms with E-state index in [-0.39, 0.29) is 27.7 Å². The van der Waals surface area contributed by atoms with Crippen molar-refractivity contribution in [3.8, 4) is 0 Å². The molecule has 0 aliphatic heterocycles. The molecule has 0 atom stereocenters. The second-order valence-corrected chi connectivity index (χ2v) is 29.9. The SMILES string of the molecule is CC(C)COP(=O)(OCC(C)C)OCC(C)C.CC(C)COP(=O)(OCC(C)C)OCC(C)C.CC(C)COP(=O)(OCC(C)C)OCC(C)C.CC(C)COP(=O)(OCC(C)C)OCC(C)C.O.O.[Co+2].[O-][Cl+3]([O-])([O-])O. The molecule has 28 heteroatoms. The molecule has 0 amide bonds. The Kier molecular flexibility index (Phi) is 63.4. The van der Waals surface area contributed by atoms with Gasteiger partial charge >= 0.3 is 48.1 Å². The maximum atomic E-state index is 12.3. The van der Waals surface area contributed by atoms with Gasteiger partial charge in [-0.1, -0.05) is 166 Å². The Morgan fingerprint density at radius 1 is 0.263 bits per heavy atom. The van der Waals surface area contributed by atoms with Gasteiger partial charge in [0.15, 0.2) is 0 Å². The minimum absolute atomic E-state index is 0. The maximum absolute atomic E-state index is 12.3. The van der Waals surface area contributed by atoms with Gasteiger partial charge < -0.3 is 11.0 Å². The molecule has 0 saturated heterocycles. The third-order valence-electron chi connectivity index (χ3n) is 6.79. The summed E-state index contributed by atoms with van der Waals surface area (Å²) in [5.74, 6) is 3.60. The predicted molar refractivity (Wildman–Crippen MR) is 289 cm³/mol. The van der Waals surface area contributed by atoms with E-state index in [1.165, 1.54) is 0 Å². The van der Waals surface area contributed by atoms with Gasteiger partial charge in [0.25, 0.3) is 0 Å². The Balaban J connectivity index is -0.000000129. The summed E-state index contributed by atoms with van der Waals surface area (Å²) in [5, 5.41) is 0. The zero-order valence-electron chi connectivity index (χ0n) is 51.1. The van der Waals surface area contributed by atoms with Gasteiger partial charge in [0.05, 0.1) is 94.2 Å². The normalized spacial score (nSPS) is 12.4. The summed E-state index contributed by atoms with van der Waals surface area (Å²) in [6.45, 7) is 52.5. The molecule has 0 unspecified atom stereocenters. The van der Waals surface area contributed by atoms with Crippen molar-refractivity contribution in [2.45, 2.75) is 166 Å². The van der Waals surface area contributed by atoms with Crippen molar-refractivity contribution in [3.05, 3.63) is 0 Å². The van der Waals surface area contributed by atoms with Gasteiger partial charge in [-0.25, -0.2) is 18.3 Å². The second-order valence-electron chi connectivity index (χ2n) is 22.5. The fourth-order valence-electron chi connectivity index (χ4n) is 3.33. The Morgan fingerprint density at radius 2 is 0.316 bits per heavy atom. The number of phosphoric ester groups is 4. The number of halogens is 1. The zero-order chi connectivity index (χ0) is 58.4. The van der Waals surface area contributed by atoms with Crippen LogP contribution in [0.15, 0.2) is 0 Å². The van der Waals surface area contributed by atoms with Gasteiger partial charge in [-0.15, -0.1) is 0 Å². The molecule has 0 aromatic rings. The van der Waals surface area contributed by atoms with Crippen molar-refractivity contribution in [3.63, 3.8) is 0 Å².